The van der Waals surface area contributed by atoms with Gasteiger partial charge < -0.3 is 0 Å². The zero-order valence-corrected chi connectivity index (χ0v) is 19.5. The van der Waals surface area contributed by atoms with Crippen LogP contribution in [-0.2, 0) is 0 Å². The summed E-state index contributed by atoms with van der Waals surface area (Å²) in [6.45, 7) is 6.85. The van der Waals surface area contributed by atoms with E-state index in [9.17, 15) is 0 Å². The van der Waals surface area contributed by atoms with Crippen LogP contribution in [0.3, 0.4) is 0 Å². The van der Waals surface area contributed by atoms with Gasteiger partial charge in [-0.15, -0.1) is 0 Å². The van der Waals surface area contributed by atoms with Crippen LogP contribution in [0.15, 0.2) is 0 Å². The molecule has 0 saturated heterocycles. The van der Waals surface area contributed by atoms with Crippen LogP contribution in [0.1, 0.15) is 130 Å². The Balaban J connectivity index is 3.19. The monoisotopic (exact) mass is 392 g/mol. The molecule has 0 rings (SSSR count). The number of unbranched alkanes of at least 4 members (excludes halogenated alkanes) is 15. The fourth-order valence-electron chi connectivity index (χ4n) is 3.67. The Kier molecular flexibility index (Phi) is 19.9. The standard InChI is InChI=1S/C23H49ClS/c1-4-7-8-9-10-11-12-13-14-15-16-17-18-19-20-21-23-25(24,6-3)22-5-2/h4-23H2,1-3H3. The third kappa shape index (κ3) is 17.8. The van der Waals surface area contributed by atoms with Crippen molar-refractivity contribution in [1.29, 1.82) is 0 Å². The minimum atomic E-state index is -0.774. The zero-order chi connectivity index (χ0) is 18.6. The Bertz CT molecular complexity index is 256. The van der Waals surface area contributed by atoms with Gasteiger partial charge in [0.1, 0.15) is 0 Å². The summed E-state index contributed by atoms with van der Waals surface area (Å²) >= 11 is 0. The lowest BCUT2D eigenvalue weighted by Gasteiger charge is -2.31. The number of hydrogen-bond donors (Lipinski definition) is 0. The second kappa shape index (κ2) is 19.4. The van der Waals surface area contributed by atoms with Gasteiger partial charge in [0.2, 0.25) is 0 Å². The predicted molar refractivity (Wildman–Crippen MR) is 124 cm³/mol. The van der Waals surface area contributed by atoms with Gasteiger partial charge in [0, 0.05) is 0 Å². The van der Waals surface area contributed by atoms with Crippen LogP contribution in [0.25, 0.3) is 0 Å². The van der Waals surface area contributed by atoms with E-state index >= 15 is 0 Å². The van der Waals surface area contributed by atoms with Crippen molar-refractivity contribution in [2.45, 2.75) is 130 Å². The molecule has 0 aromatic rings. The van der Waals surface area contributed by atoms with Crippen LogP contribution in [0.2, 0.25) is 0 Å². The maximum atomic E-state index is 6.77. The maximum absolute atomic E-state index is 6.77. The smallest absolute Gasteiger partial charge is 0.0101 e. The molecule has 0 radical (unpaired) electrons. The van der Waals surface area contributed by atoms with E-state index in [0.29, 0.717) is 0 Å². The molecular weight excluding hydrogens is 344 g/mol. The van der Waals surface area contributed by atoms with Crippen LogP contribution in [0, 0.1) is 0 Å². The summed E-state index contributed by atoms with van der Waals surface area (Å²) in [5.74, 6) is 3.78. The highest BCUT2D eigenvalue weighted by Crippen LogP contribution is 2.53. The molecule has 154 valence electrons. The van der Waals surface area contributed by atoms with E-state index in [2.05, 4.69) is 20.8 Å². The summed E-state index contributed by atoms with van der Waals surface area (Å²) in [6.07, 6.45) is 24.4. The molecule has 2 heteroatoms. The molecule has 1 unspecified atom stereocenters. The second-order valence-electron chi connectivity index (χ2n) is 7.94. The third-order valence-corrected chi connectivity index (χ3v) is 10.2. The number of halogens is 1. The molecule has 1 atom stereocenters. The number of rotatable bonds is 20. The first-order chi connectivity index (χ1) is 12.2. The van der Waals surface area contributed by atoms with E-state index in [1.54, 1.807) is 0 Å². The molecule has 0 nitrogen and oxygen atoms in total. The van der Waals surface area contributed by atoms with Crippen molar-refractivity contribution in [3.63, 3.8) is 0 Å². The van der Waals surface area contributed by atoms with Gasteiger partial charge in [0.25, 0.3) is 0 Å². The van der Waals surface area contributed by atoms with E-state index in [1.165, 1.54) is 126 Å². The molecule has 0 spiro atoms. The molecule has 0 aromatic carbocycles. The molecule has 25 heavy (non-hydrogen) atoms. The van der Waals surface area contributed by atoms with E-state index in [0.717, 1.165) is 0 Å². The van der Waals surface area contributed by atoms with Crippen LogP contribution in [0.4, 0.5) is 0 Å². The van der Waals surface area contributed by atoms with Crippen LogP contribution < -0.4 is 0 Å². The van der Waals surface area contributed by atoms with Crippen molar-refractivity contribution in [2.24, 2.45) is 0 Å². The molecule has 0 heterocycles. The van der Waals surface area contributed by atoms with Crippen molar-refractivity contribution in [2.75, 3.05) is 17.3 Å². The fraction of sp³-hybridized carbons (Fsp3) is 1.00. The first kappa shape index (κ1) is 25.6. The van der Waals surface area contributed by atoms with Gasteiger partial charge in [-0.25, -0.2) is 0 Å². The van der Waals surface area contributed by atoms with Gasteiger partial charge in [-0.2, -0.15) is 9.24 Å². The first-order valence-corrected chi connectivity index (χ1v) is 14.6. The molecule has 0 aliphatic rings. The SMILES string of the molecule is CCCCCCCCCCCCCCCCCCS(Cl)(CC)CCC. The van der Waals surface area contributed by atoms with Crippen LogP contribution >= 0.6 is 19.9 Å². The fourth-order valence-corrected chi connectivity index (χ4v) is 6.69. The number of hydrogen-bond acceptors (Lipinski definition) is 0. The molecule has 0 bridgehead atoms. The largest absolute Gasteiger partial charge is 0.163 e. The Morgan fingerprint density at radius 2 is 0.800 bits per heavy atom. The Morgan fingerprint density at radius 1 is 0.440 bits per heavy atom. The summed E-state index contributed by atoms with van der Waals surface area (Å²) in [5.41, 5.74) is 0. The van der Waals surface area contributed by atoms with Crippen molar-refractivity contribution < 1.29 is 0 Å². The molecule has 0 aliphatic heterocycles. The first-order valence-electron chi connectivity index (χ1n) is 11.6. The quantitative estimate of drug-likeness (QED) is 0.181. The van der Waals surface area contributed by atoms with E-state index < -0.39 is 9.24 Å². The Hall–Kier alpha value is 0.640. The van der Waals surface area contributed by atoms with Crippen molar-refractivity contribution >= 4 is 19.9 Å². The maximum Gasteiger partial charge on any atom is -0.0101 e. The summed E-state index contributed by atoms with van der Waals surface area (Å²) in [4.78, 5) is 0. The molecule has 0 N–H and O–H groups in total. The van der Waals surface area contributed by atoms with Crippen LogP contribution in [0.5, 0.6) is 0 Å². The highest BCUT2D eigenvalue weighted by molar-refractivity contribution is 8.51. The molecule has 0 fully saturated rings. The molecular formula is C23H49ClS. The molecule has 0 saturated carbocycles. The van der Waals surface area contributed by atoms with Gasteiger partial charge in [-0.1, -0.05) is 128 Å². The Morgan fingerprint density at radius 3 is 1.12 bits per heavy atom. The molecule has 0 aromatic heterocycles. The normalized spacial score (nSPS) is 15.2. The molecule has 0 aliphatic carbocycles. The van der Waals surface area contributed by atoms with Crippen molar-refractivity contribution in [3.05, 3.63) is 0 Å². The van der Waals surface area contributed by atoms with Crippen molar-refractivity contribution in [1.82, 2.24) is 0 Å². The van der Waals surface area contributed by atoms with Gasteiger partial charge in [-0.3, -0.25) is 0 Å². The minimum absolute atomic E-state index is 0.774. The topological polar surface area (TPSA) is 0 Å². The van der Waals surface area contributed by atoms with Crippen LogP contribution in [-0.4, -0.2) is 17.3 Å². The van der Waals surface area contributed by atoms with Gasteiger partial charge in [0.15, 0.2) is 0 Å². The lowest BCUT2D eigenvalue weighted by Crippen LogP contribution is -2.05. The highest BCUT2D eigenvalue weighted by Gasteiger charge is 2.16. The van der Waals surface area contributed by atoms with E-state index in [-0.39, 0.29) is 0 Å². The average Bonchev–Trinajstić information content (AvgIpc) is 2.61. The summed E-state index contributed by atoms with van der Waals surface area (Å²) in [7, 11) is 6.00. The van der Waals surface area contributed by atoms with Crippen molar-refractivity contribution in [3.8, 4) is 0 Å². The third-order valence-electron chi connectivity index (χ3n) is 5.45. The van der Waals surface area contributed by atoms with Gasteiger partial charge in [-0.05, 0) is 30.1 Å². The minimum Gasteiger partial charge on any atom is -0.163 e. The Labute approximate surface area is 167 Å². The van der Waals surface area contributed by atoms with E-state index in [4.69, 9.17) is 10.7 Å². The summed E-state index contributed by atoms with van der Waals surface area (Å²) in [5, 5.41) is 0. The second-order valence-corrected chi connectivity index (χ2v) is 13.2. The highest BCUT2D eigenvalue weighted by atomic mass is 35.7. The summed E-state index contributed by atoms with van der Waals surface area (Å²) in [6, 6.07) is 0. The average molecular weight is 393 g/mol. The van der Waals surface area contributed by atoms with E-state index in [1.807, 2.05) is 0 Å². The lowest BCUT2D eigenvalue weighted by atomic mass is 10.0. The zero-order valence-electron chi connectivity index (χ0n) is 17.9. The van der Waals surface area contributed by atoms with Gasteiger partial charge >= 0.3 is 0 Å². The summed E-state index contributed by atoms with van der Waals surface area (Å²) < 4.78 is 0. The lowest BCUT2D eigenvalue weighted by molar-refractivity contribution is 0.531. The van der Waals surface area contributed by atoms with Gasteiger partial charge in [0.05, 0.1) is 0 Å². The predicted octanol–water partition coefficient (Wildman–Crippen LogP) is 9.64. The molecule has 0 amide bonds.